The highest BCUT2D eigenvalue weighted by Gasteiger charge is 2.10. The lowest BCUT2D eigenvalue weighted by atomic mass is 10.2. The van der Waals surface area contributed by atoms with Crippen LogP contribution in [0.3, 0.4) is 0 Å². The zero-order chi connectivity index (χ0) is 12.3. The highest BCUT2D eigenvalue weighted by Crippen LogP contribution is 2.15. The van der Waals surface area contributed by atoms with Crippen molar-refractivity contribution in [2.75, 3.05) is 0 Å². The number of hydrogen-bond donors (Lipinski definition) is 2. The maximum Gasteiger partial charge on any atom is 0.254 e. The van der Waals surface area contributed by atoms with E-state index in [1.807, 2.05) is 6.92 Å². The van der Waals surface area contributed by atoms with Crippen LogP contribution in [0, 0.1) is 6.92 Å². The lowest BCUT2D eigenvalue weighted by molar-refractivity contribution is 0.0950. The quantitative estimate of drug-likeness (QED) is 0.871. The Morgan fingerprint density at radius 1 is 1.53 bits per heavy atom. The Morgan fingerprint density at radius 2 is 2.35 bits per heavy atom. The molecule has 0 aliphatic heterocycles. The Bertz CT molecular complexity index is 524. The molecule has 2 aromatic heterocycles. The van der Waals surface area contributed by atoms with Crippen molar-refractivity contribution in [1.29, 1.82) is 0 Å². The van der Waals surface area contributed by atoms with E-state index in [9.17, 15) is 4.79 Å². The first-order valence-electron chi connectivity index (χ1n) is 5.05. The van der Waals surface area contributed by atoms with Gasteiger partial charge >= 0.3 is 0 Å². The van der Waals surface area contributed by atoms with Crippen LogP contribution in [0.25, 0.3) is 0 Å². The average Bonchev–Trinajstić information content (AvgIpc) is 2.78. The second-order valence-electron chi connectivity index (χ2n) is 3.52. The SMILES string of the molecule is Cc1cc(Cl)c(C(=O)NCc2ncc[nH]2)cn1. The molecule has 0 spiro atoms. The van der Waals surface area contributed by atoms with E-state index in [0.717, 1.165) is 5.69 Å². The fourth-order valence-electron chi connectivity index (χ4n) is 1.35. The summed E-state index contributed by atoms with van der Waals surface area (Å²) in [5, 5.41) is 3.10. The Hall–Kier alpha value is -1.88. The molecular weight excluding hydrogens is 240 g/mol. The third kappa shape index (κ3) is 2.82. The van der Waals surface area contributed by atoms with Crippen molar-refractivity contribution >= 4 is 17.5 Å². The number of nitrogens with one attached hydrogen (secondary N) is 2. The number of pyridine rings is 1. The van der Waals surface area contributed by atoms with Gasteiger partial charge in [-0.05, 0) is 13.0 Å². The molecule has 0 unspecified atom stereocenters. The summed E-state index contributed by atoms with van der Waals surface area (Å²) in [6.07, 6.45) is 4.79. The smallest absolute Gasteiger partial charge is 0.254 e. The summed E-state index contributed by atoms with van der Waals surface area (Å²) in [4.78, 5) is 22.7. The van der Waals surface area contributed by atoms with Gasteiger partial charge in [-0.2, -0.15) is 0 Å². The zero-order valence-electron chi connectivity index (χ0n) is 9.20. The number of aryl methyl sites for hydroxylation is 1. The van der Waals surface area contributed by atoms with Gasteiger partial charge in [-0.1, -0.05) is 11.6 Å². The van der Waals surface area contributed by atoms with Gasteiger partial charge in [0.25, 0.3) is 5.91 Å². The predicted molar refractivity (Wildman–Crippen MR) is 63.7 cm³/mol. The lowest BCUT2D eigenvalue weighted by Gasteiger charge is -2.05. The normalized spacial score (nSPS) is 10.2. The maximum absolute atomic E-state index is 11.8. The number of H-pyrrole nitrogens is 1. The van der Waals surface area contributed by atoms with Gasteiger partial charge in [-0.3, -0.25) is 9.78 Å². The van der Waals surface area contributed by atoms with Crippen LogP contribution in [0.2, 0.25) is 5.02 Å². The van der Waals surface area contributed by atoms with Gasteiger partial charge in [-0.15, -0.1) is 0 Å². The molecule has 2 N–H and O–H groups in total. The first-order chi connectivity index (χ1) is 8.16. The molecule has 0 saturated carbocycles. The number of halogens is 1. The highest BCUT2D eigenvalue weighted by molar-refractivity contribution is 6.33. The molecule has 6 heteroatoms. The van der Waals surface area contributed by atoms with Gasteiger partial charge in [0.2, 0.25) is 0 Å². The van der Waals surface area contributed by atoms with Crippen molar-refractivity contribution in [2.45, 2.75) is 13.5 Å². The van der Waals surface area contributed by atoms with Crippen molar-refractivity contribution in [2.24, 2.45) is 0 Å². The van der Waals surface area contributed by atoms with E-state index in [1.54, 1.807) is 18.5 Å². The highest BCUT2D eigenvalue weighted by atomic mass is 35.5. The summed E-state index contributed by atoms with van der Waals surface area (Å²) in [6, 6.07) is 1.66. The third-order valence-electron chi connectivity index (χ3n) is 2.21. The molecule has 0 fully saturated rings. The molecule has 2 aromatic rings. The summed E-state index contributed by atoms with van der Waals surface area (Å²) in [6.45, 7) is 2.15. The number of aromatic nitrogens is 3. The molecule has 88 valence electrons. The molecular formula is C11H11ClN4O. The van der Waals surface area contributed by atoms with Crippen molar-refractivity contribution < 1.29 is 4.79 Å². The number of nitrogens with zero attached hydrogens (tertiary/aromatic N) is 2. The topological polar surface area (TPSA) is 70.7 Å². The minimum absolute atomic E-state index is 0.265. The molecule has 2 heterocycles. The molecule has 0 saturated heterocycles. The monoisotopic (exact) mass is 250 g/mol. The summed E-state index contributed by atoms with van der Waals surface area (Å²) in [7, 11) is 0. The number of carbonyl (C=O) groups is 1. The molecule has 0 atom stereocenters. The van der Waals surface area contributed by atoms with Crippen LogP contribution in [0.5, 0.6) is 0 Å². The number of amides is 1. The maximum atomic E-state index is 11.8. The molecule has 0 bridgehead atoms. The second kappa shape index (κ2) is 4.97. The van der Waals surface area contributed by atoms with E-state index in [0.29, 0.717) is 23.0 Å². The Kier molecular flexibility index (Phi) is 3.39. The lowest BCUT2D eigenvalue weighted by Crippen LogP contribution is -2.23. The van der Waals surface area contributed by atoms with Crippen LogP contribution >= 0.6 is 11.6 Å². The van der Waals surface area contributed by atoms with Crippen molar-refractivity contribution in [3.63, 3.8) is 0 Å². The van der Waals surface area contributed by atoms with Crippen LogP contribution in [0.1, 0.15) is 21.9 Å². The van der Waals surface area contributed by atoms with Gasteiger partial charge in [0.1, 0.15) is 5.82 Å². The van der Waals surface area contributed by atoms with E-state index in [4.69, 9.17) is 11.6 Å². The fraction of sp³-hybridized carbons (Fsp3) is 0.182. The summed E-state index contributed by atoms with van der Waals surface area (Å²) >= 11 is 5.96. The molecule has 2 rings (SSSR count). The number of hydrogen-bond acceptors (Lipinski definition) is 3. The molecule has 0 aliphatic carbocycles. The average molecular weight is 251 g/mol. The largest absolute Gasteiger partial charge is 0.347 e. The first-order valence-corrected chi connectivity index (χ1v) is 5.43. The summed E-state index contributed by atoms with van der Waals surface area (Å²) in [5.41, 5.74) is 1.14. The molecule has 0 aromatic carbocycles. The number of aromatic amines is 1. The van der Waals surface area contributed by atoms with Gasteiger partial charge < -0.3 is 10.3 Å². The van der Waals surface area contributed by atoms with E-state index in [1.165, 1.54) is 6.20 Å². The second-order valence-corrected chi connectivity index (χ2v) is 3.93. The molecule has 5 nitrogen and oxygen atoms in total. The van der Waals surface area contributed by atoms with Crippen LogP contribution in [0.4, 0.5) is 0 Å². The van der Waals surface area contributed by atoms with Gasteiger partial charge in [0.05, 0.1) is 17.1 Å². The van der Waals surface area contributed by atoms with Gasteiger partial charge in [-0.25, -0.2) is 4.98 Å². The minimum atomic E-state index is -0.265. The van der Waals surface area contributed by atoms with Crippen LogP contribution in [-0.4, -0.2) is 20.9 Å². The fourth-order valence-corrected chi connectivity index (χ4v) is 1.64. The first kappa shape index (κ1) is 11.6. The molecule has 0 aliphatic rings. The van der Waals surface area contributed by atoms with Gasteiger partial charge in [0, 0.05) is 24.3 Å². The predicted octanol–water partition coefficient (Wildman–Crippen LogP) is 1.70. The van der Waals surface area contributed by atoms with E-state index in [-0.39, 0.29) is 5.91 Å². The van der Waals surface area contributed by atoms with Crippen molar-refractivity contribution in [3.8, 4) is 0 Å². The van der Waals surface area contributed by atoms with E-state index in [2.05, 4.69) is 20.3 Å². The summed E-state index contributed by atoms with van der Waals surface area (Å²) in [5.74, 6) is 0.424. The standard InChI is InChI=1S/C11H11ClN4O/c1-7-4-9(12)8(5-15-7)11(17)16-6-10-13-2-3-14-10/h2-5H,6H2,1H3,(H,13,14)(H,16,17). The van der Waals surface area contributed by atoms with Crippen LogP contribution < -0.4 is 5.32 Å². The molecule has 17 heavy (non-hydrogen) atoms. The summed E-state index contributed by atoms with van der Waals surface area (Å²) < 4.78 is 0. The molecule has 0 radical (unpaired) electrons. The van der Waals surface area contributed by atoms with E-state index < -0.39 is 0 Å². The number of rotatable bonds is 3. The zero-order valence-corrected chi connectivity index (χ0v) is 9.95. The van der Waals surface area contributed by atoms with Gasteiger partial charge in [0.15, 0.2) is 0 Å². The number of carbonyl (C=O) groups excluding carboxylic acids is 1. The third-order valence-corrected chi connectivity index (χ3v) is 2.52. The Balaban J connectivity index is 2.04. The minimum Gasteiger partial charge on any atom is -0.347 e. The molecule has 1 amide bonds. The Morgan fingerprint density at radius 3 is 3.00 bits per heavy atom. The van der Waals surface area contributed by atoms with Crippen LogP contribution in [-0.2, 0) is 6.54 Å². The van der Waals surface area contributed by atoms with E-state index >= 15 is 0 Å². The number of imidazole rings is 1. The van der Waals surface area contributed by atoms with Crippen molar-refractivity contribution in [1.82, 2.24) is 20.3 Å². The van der Waals surface area contributed by atoms with Crippen molar-refractivity contribution in [3.05, 3.63) is 46.8 Å². The van der Waals surface area contributed by atoms with Crippen LogP contribution in [0.15, 0.2) is 24.7 Å². The Labute approximate surface area is 103 Å².